The normalized spacial score (nSPS) is 26.0. The predicted octanol–water partition coefficient (Wildman–Crippen LogP) is -1.01. The summed E-state index contributed by atoms with van der Waals surface area (Å²) < 4.78 is 24.7. The maximum Gasteiger partial charge on any atom is 0.214 e. The molecule has 1 rings (SSSR count). The third kappa shape index (κ3) is 3.20. The third-order valence-corrected chi connectivity index (χ3v) is 4.23. The van der Waals surface area contributed by atoms with Crippen LogP contribution in [-0.2, 0) is 10.0 Å². The zero-order valence-corrected chi connectivity index (χ0v) is 9.26. The number of β-amino-alcohol motifs (C(OH)–C–C–N with tert-alkyl or cyclic N) is 1. The molecule has 0 aromatic carbocycles. The van der Waals surface area contributed by atoms with Crippen LogP contribution in [0.2, 0.25) is 0 Å². The minimum atomic E-state index is -3.16. The Morgan fingerprint density at radius 1 is 1.57 bits per heavy atom. The van der Waals surface area contributed by atoms with Gasteiger partial charge in [-0.25, -0.2) is 8.42 Å². The fraction of sp³-hybridized carbons (Fsp3) is 1.00. The maximum absolute atomic E-state index is 11.7. The summed E-state index contributed by atoms with van der Waals surface area (Å²) in [6.07, 6.45) is 0.0201. The van der Waals surface area contributed by atoms with Gasteiger partial charge in [-0.15, -0.1) is 0 Å². The quantitative estimate of drug-likeness (QED) is 0.642. The van der Waals surface area contributed by atoms with Crippen LogP contribution < -0.4 is 5.32 Å². The molecule has 84 valence electrons. The molecule has 0 amide bonds. The lowest BCUT2D eigenvalue weighted by Gasteiger charge is -2.20. The molecule has 0 aliphatic carbocycles. The second-order valence-electron chi connectivity index (χ2n) is 3.53. The van der Waals surface area contributed by atoms with Gasteiger partial charge in [0.2, 0.25) is 10.0 Å². The molecule has 1 aliphatic rings. The van der Waals surface area contributed by atoms with Gasteiger partial charge in [0.1, 0.15) is 0 Å². The fourth-order valence-electron chi connectivity index (χ4n) is 1.50. The Morgan fingerprint density at radius 2 is 2.29 bits per heavy atom. The molecule has 0 spiro atoms. The lowest BCUT2D eigenvalue weighted by molar-refractivity contribution is 0.159. The van der Waals surface area contributed by atoms with E-state index in [-0.39, 0.29) is 12.3 Å². The van der Waals surface area contributed by atoms with Crippen LogP contribution in [0.25, 0.3) is 0 Å². The summed E-state index contributed by atoms with van der Waals surface area (Å²) in [5.41, 5.74) is 0. The van der Waals surface area contributed by atoms with E-state index >= 15 is 0 Å². The Bertz CT molecular complexity index is 266. The van der Waals surface area contributed by atoms with Gasteiger partial charge in [-0.05, 0) is 6.42 Å². The zero-order valence-electron chi connectivity index (χ0n) is 8.44. The van der Waals surface area contributed by atoms with Crippen molar-refractivity contribution >= 4 is 10.0 Å². The summed E-state index contributed by atoms with van der Waals surface area (Å²) in [5, 5.41) is 12.4. The van der Waals surface area contributed by atoms with Crippen molar-refractivity contribution in [3.8, 4) is 0 Å². The zero-order chi connectivity index (χ0) is 10.6. The van der Waals surface area contributed by atoms with Gasteiger partial charge >= 0.3 is 0 Å². The molecule has 5 nitrogen and oxygen atoms in total. The predicted molar refractivity (Wildman–Crippen MR) is 54.5 cm³/mol. The SMILES string of the molecule is CCCS(=O)(=O)N1CCNCC(O)C1. The number of sulfonamides is 1. The topological polar surface area (TPSA) is 69.6 Å². The van der Waals surface area contributed by atoms with Crippen molar-refractivity contribution in [2.75, 3.05) is 31.9 Å². The van der Waals surface area contributed by atoms with Crippen LogP contribution in [0, 0.1) is 0 Å². The number of aliphatic hydroxyl groups excluding tert-OH is 1. The van der Waals surface area contributed by atoms with Crippen molar-refractivity contribution in [1.82, 2.24) is 9.62 Å². The molecule has 0 aromatic heterocycles. The maximum atomic E-state index is 11.7. The molecule has 0 radical (unpaired) electrons. The standard InChI is InChI=1S/C8H18N2O3S/c1-2-5-14(12,13)10-4-3-9-6-8(11)7-10/h8-9,11H,2-7H2,1H3. The largest absolute Gasteiger partial charge is 0.390 e. The highest BCUT2D eigenvalue weighted by Gasteiger charge is 2.25. The van der Waals surface area contributed by atoms with Crippen LogP contribution in [0.15, 0.2) is 0 Å². The van der Waals surface area contributed by atoms with Crippen LogP contribution in [0.3, 0.4) is 0 Å². The number of rotatable bonds is 3. The van der Waals surface area contributed by atoms with Gasteiger partial charge in [-0.3, -0.25) is 0 Å². The van der Waals surface area contributed by atoms with Crippen LogP contribution >= 0.6 is 0 Å². The van der Waals surface area contributed by atoms with E-state index in [1.165, 1.54) is 4.31 Å². The Morgan fingerprint density at radius 3 is 2.93 bits per heavy atom. The average Bonchev–Trinajstić information content (AvgIpc) is 2.30. The third-order valence-electron chi connectivity index (χ3n) is 2.19. The first kappa shape index (κ1) is 11.9. The molecule has 1 unspecified atom stereocenters. The number of hydrogen-bond acceptors (Lipinski definition) is 4. The summed E-state index contributed by atoms with van der Waals surface area (Å²) in [7, 11) is -3.16. The summed E-state index contributed by atoms with van der Waals surface area (Å²) in [4.78, 5) is 0. The minimum Gasteiger partial charge on any atom is -0.390 e. The van der Waals surface area contributed by atoms with Gasteiger partial charge in [0, 0.05) is 26.2 Å². The molecule has 6 heteroatoms. The first-order valence-corrected chi connectivity index (χ1v) is 6.54. The molecule has 1 atom stereocenters. The molecule has 1 fully saturated rings. The Hall–Kier alpha value is -0.170. The highest BCUT2D eigenvalue weighted by atomic mass is 32.2. The van der Waals surface area contributed by atoms with E-state index in [9.17, 15) is 13.5 Å². The summed E-state index contributed by atoms with van der Waals surface area (Å²) >= 11 is 0. The van der Waals surface area contributed by atoms with Crippen molar-refractivity contribution in [3.63, 3.8) is 0 Å². The Kier molecular flexibility index (Phi) is 4.31. The molecule has 1 saturated heterocycles. The van der Waals surface area contributed by atoms with E-state index in [1.54, 1.807) is 0 Å². The van der Waals surface area contributed by atoms with Crippen molar-refractivity contribution < 1.29 is 13.5 Å². The van der Waals surface area contributed by atoms with Gasteiger partial charge in [0.15, 0.2) is 0 Å². The Balaban J connectivity index is 2.65. The van der Waals surface area contributed by atoms with Gasteiger partial charge < -0.3 is 10.4 Å². The van der Waals surface area contributed by atoms with Crippen molar-refractivity contribution in [2.45, 2.75) is 19.4 Å². The number of nitrogens with one attached hydrogen (secondary N) is 1. The molecule has 0 aromatic rings. The summed E-state index contributed by atoms with van der Waals surface area (Å²) in [5.74, 6) is 0.166. The van der Waals surface area contributed by atoms with Crippen LogP contribution in [0.5, 0.6) is 0 Å². The molecular weight excluding hydrogens is 204 g/mol. The van der Waals surface area contributed by atoms with Crippen molar-refractivity contribution in [3.05, 3.63) is 0 Å². The number of nitrogens with zero attached hydrogens (tertiary/aromatic N) is 1. The molecule has 1 heterocycles. The molecule has 0 saturated carbocycles. The van der Waals surface area contributed by atoms with Crippen LogP contribution in [0.4, 0.5) is 0 Å². The Labute approximate surface area is 85.2 Å². The van der Waals surface area contributed by atoms with Crippen molar-refractivity contribution in [1.29, 1.82) is 0 Å². The molecule has 14 heavy (non-hydrogen) atoms. The smallest absolute Gasteiger partial charge is 0.214 e. The molecule has 0 bridgehead atoms. The number of hydrogen-bond donors (Lipinski definition) is 2. The fourth-order valence-corrected chi connectivity index (χ4v) is 3.05. The lowest BCUT2D eigenvalue weighted by atomic mass is 10.4. The van der Waals surface area contributed by atoms with E-state index in [2.05, 4.69) is 5.32 Å². The first-order chi connectivity index (χ1) is 6.56. The van der Waals surface area contributed by atoms with E-state index < -0.39 is 16.1 Å². The van der Waals surface area contributed by atoms with Gasteiger partial charge in [-0.1, -0.05) is 6.92 Å². The first-order valence-electron chi connectivity index (χ1n) is 4.93. The van der Waals surface area contributed by atoms with Gasteiger partial charge in [0.25, 0.3) is 0 Å². The van der Waals surface area contributed by atoms with E-state index in [4.69, 9.17) is 0 Å². The van der Waals surface area contributed by atoms with Crippen LogP contribution in [-0.4, -0.2) is 55.9 Å². The molecular formula is C8H18N2O3S. The summed E-state index contributed by atoms with van der Waals surface area (Å²) in [6.45, 7) is 3.59. The number of aliphatic hydroxyl groups is 1. The van der Waals surface area contributed by atoms with Crippen molar-refractivity contribution in [2.24, 2.45) is 0 Å². The van der Waals surface area contributed by atoms with Gasteiger partial charge in [-0.2, -0.15) is 4.31 Å². The average molecular weight is 222 g/mol. The van der Waals surface area contributed by atoms with E-state index in [0.717, 1.165) is 0 Å². The monoisotopic (exact) mass is 222 g/mol. The second-order valence-corrected chi connectivity index (χ2v) is 5.62. The highest BCUT2D eigenvalue weighted by molar-refractivity contribution is 7.89. The highest BCUT2D eigenvalue weighted by Crippen LogP contribution is 2.06. The molecule has 2 N–H and O–H groups in total. The van der Waals surface area contributed by atoms with E-state index in [1.807, 2.05) is 6.92 Å². The van der Waals surface area contributed by atoms with Crippen LogP contribution in [0.1, 0.15) is 13.3 Å². The second kappa shape index (κ2) is 5.06. The lowest BCUT2D eigenvalue weighted by Crippen LogP contribution is -2.38. The minimum absolute atomic E-state index is 0.166. The molecule has 1 aliphatic heterocycles. The summed E-state index contributed by atoms with van der Waals surface area (Å²) in [6, 6.07) is 0. The van der Waals surface area contributed by atoms with E-state index in [0.29, 0.717) is 26.1 Å². The van der Waals surface area contributed by atoms with Gasteiger partial charge in [0.05, 0.1) is 11.9 Å².